The molecule has 216 valence electrons. The zero-order chi connectivity index (χ0) is 29.8. The number of nitrogens with zero attached hydrogens (tertiary/aromatic N) is 1. The lowest BCUT2D eigenvalue weighted by Gasteiger charge is -2.23. The highest BCUT2D eigenvalue weighted by Gasteiger charge is 2.37. The van der Waals surface area contributed by atoms with E-state index in [0.29, 0.717) is 12.5 Å². The molecule has 15 heteroatoms. The number of hydrogen-bond acceptors (Lipinski definition) is 7. The average Bonchev–Trinajstić information content (AvgIpc) is 3.22. The molecule has 0 saturated carbocycles. The fourth-order valence-electron chi connectivity index (χ4n) is 4.27. The molecule has 2 heterocycles. The number of aliphatic hydroxyl groups is 1. The summed E-state index contributed by atoms with van der Waals surface area (Å²) in [4.78, 5) is 53.9. The Hall–Kier alpha value is -3.98. The molecule has 1 aromatic heterocycles. The summed E-state index contributed by atoms with van der Waals surface area (Å²) in [6.07, 6.45) is -7.92. The lowest BCUT2D eigenvalue weighted by molar-refractivity contribution is -0.141. The molecule has 0 spiro atoms. The van der Waals surface area contributed by atoms with Crippen molar-refractivity contribution in [2.24, 2.45) is 5.92 Å². The molecule has 4 atom stereocenters. The largest absolute Gasteiger partial charge is 0.433 e. The van der Waals surface area contributed by atoms with Crippen LogP contribution in [0.2, 0.25) is 0 Å². The van der Waals surface area contributed by atoms with Gasteiger partial charge in [0.05, 0.1) is 17.3 Å². The fourth-order valence-corrected chi connectivity index (χ4v) is 4.27. The maximum Gasteiger partial charge on any atom is 0.433 e. The Labute approximate surface area is 224 Å². The molecule has 0 aliphatic carbocycles. The molecule has 3 rings (SSSR count). The molecule has 1 aromatic carbocycles. The Morgan fingerprint density at radius 2 is 1.82 bits per heavy atom. The van der Waals surface area contributed by atoms with Gasteiger partial charge in [0.15, 0.2) is 0 Å². The third-order valence-corrected chi connectivity index (χ3v) is 6.27. The number of aromatic nitrogens is 1. The number of nitrogens with one attached hydrogen (secondary N) is 4. The summed E-state index contributed by atoms with van der Waals surface area (Å²) >= 11 is 0. The molecule has 10 nitrogen and oxygen atoms in total. The zero-order valence-corrected chi connectivity index (χ0v) is 21.2. The van der Waals surface area contributed by atoms with Crippen LogP contribution in [0.3, 0.4) is 0 Å². The predicted octanol–water partition coefficient (Wildman–Crippen LogP) is 2.41. The van der Waals surface area contributed by atoms with Crippen LogP contribution in [0.15, 0.2) is 36.5 Å². The summed E-state index contributed by atoms with van der Waals surface area (Å²) in [6, 6.07) is 2.47. The van der Waals surface area contributed by atoms with Crippen molar-refractivity contribution in [2.45, 2.75) is 50.7 Å². The summed E-state index contributed by atoms with van der Waals surface area (Å²) in [7, 11) is 1.19. The molecule has 3 amide bonds. The molecule has 1 aliphatic rings. The van der Waals surface area contributed by atoms with Crippen molar-refractivity contribution in [3.8, 4) is 0 Å². The van der Waals surface area contributed by atoms with Gasteiger partial charge < -0.3 is 21.1 Å². The Morgan fingerprint density at radius 3 is 2.40 bits per heavy atom. The van der Waals surface area contributed by atoms with E-state index in [1.165, 1.54) is 7.05 Å². The second-order valence-electron chi connectivity index (χ2n) is 9.20. The first kappa shape index (κ1) is 30.6. The van der Waals surface area contributed by atoms with E-state index in [-0.39, 0.29) is 18.2 Å². The van der Waals surface area contributed by atoms with E-state index in [9.17, 15) is 46.2 Å². The number of benzene rings is 1. The van der Waals surface area contributed by atoms with E-state index in [2.05, 4.69) is 26.3 Å². The lowest BCUT2D eigenvalue weighted by Crippen LogP contribution is -2.48. The minimum Gasteiger partial charge on any atom is -0.378 e. The average molecular weight is 572 g/mol. The van der Waals surface area contributed by atoms with Crippen molar-refractivity contribution >= 4 is 29.2 Å². The van der Waals surface area contributed by atoms with Gasteiger partial charge >= 0.3 is 6.18 Å². The van der Waals surface area contributed by atoms with Gasteiger partial charge in [-0.3, -0.25) is 29.5 Å². The number of hydrogen-bond donors (Lipinski definition) is 5. The zero-order valence-electron chi connectivity index (χ0n) is 21.2. The molecule has 1 unspecified atom stereocenters. The predicted molar refractivity (Wildman–Crippen MR) is 130 cm³/mol. The van der Waals surface area contributed by atoms with Gasteiger partial charge in [-0.25, -0.2) is 8.78 Å². The second-order valence-corrected chi connectivity index (χ2v) is 9.20. The first-order valence-corrected chi connectivity index (χ1v) is 12.0. The number of Topliss-reactive ketones (excluding diaryl/α,β-unsaturated/α-hetero) is 1. The number of halogens is 5. The van der Waals surface area contributed by atoms with E-state index in [0.717, 1.165) is 30.5 Å². The van der Waals surface area contributed by atoms with Crippen LogP contribution in [0.5, 0.6) is 0 Å². The van der Waals surface area contributed by atoms with Crippen LogP contribution in [-0.2, 0) is 15.8 Å². The normalized spacial score (nSPS) is 19.7. The SMILES string of the molecule is CNC(=O)C(=O)[C@H](C[C@@H]1C[C@@H](C)NC1O)NC(=O)c1cc(C(F)F)ccc1NC(=O)c1ccnc(C(F)(F)F)c1. The van der Waals surface area contributed by atoms with Crippen molar-refractivity contribution in [3.63, 3.8) is 0 Å². The Bertz CT molecular complexity index is 1290. The summed E-state index contributed by atoms with van der Waals surface area (Å²) in [5, 5.41) is 19.7. The van der Waals surface area contributed by atoms with Crippen LogP contribution in [-0.4, -0.2) is 59.0 Å². The summed E-state index contributed by atoms with van der Waals surface area (Å²) in [6.45, 7) is 1.78. The van der Waals surface area contributed by atoms with Crippen LogP contribution >= 0.6 is 0 Å². The molecule has 5 N–H and O–H groups in total. The van der Waals surface area contributed by atoms with Crippen molar-refractivity contribution in [1.29, 1.82) is 0 Å². The molecule has 0 radical (unpaired) electrons. The maximum atomic E-state index is 13.4. The standard InChI is InChI=1S/C25H26F5N5O5/c1-11-7-14(22(38)33-11)9-17(19(36)24(40)31-2)35-23(39)15-8-12(20(26)27)3-4-16(15)34-21(37)13-5-6-32-18(10-13)25(28,29)30/h3-6,8,10-11,14,17,20,22,33,38H,7,9H2,1-2H3,(H,31,40)(H,34,37)(H,35,39)/t11-,14+,17+,22?/m1/s1. The van der Waals surface area contributed by atoms with Gasteiger partial charge in [0, 0.05) is 36.3 Å². The fraction of sp³-hybridized carbons (Fsp3) is 0.400. The van der Waals surface area contributed by atoms with Crippen molar-refractivity contribution in [3.05, 3.63) is 58.9 Å². The van der Waals surface area contributed by atoms with Crippen LogP contribution in [0, 0.1) is 5.92 Å². The number of carbonyl (C=O) groups is 4. The quantitative estimate of drug-likeness (QED) is 0.229. The van der Waals surface area contributed by atoms with Crippen LogP contribution in [0.25, 0.3) is 0 Å². The third-order valence-electron chi connectivity index (χ3n) is 6.27. The smallest absolute Gasteiger partial charge is 0.378 e. The molecule has 0 bridgehead atoms. The number of amides is 3. The van der Waals surface area contributed by atoms with Gasteiger partial charge in [0.2, 0.25) is 5.78 Å². The lowest BCUT2D eigenvalue weighted by atomic mass is 9.93. The number of rotatable bonds is 9. The minimum absolute atomic E-state index is 0.123. The van der Waals surface area contributed by atoms with Gasteiger partial charge in [-0.1, -0.05) is 6.07 Å². The number of anilines is 1. The van der Waals surface area contributed by atoms with Crippen LogP contribution in [0.4, 0.5) is 27.6 Å². The highest BCUT2D eigenvalue weighted by atomic mass is 19.4. The highest BCUT2D eigenvalue weighted by molar-refractivity contribution is 6.38. The third kappa shape index (κ3) is 7.35. The molecule has 1 aliphatic heterocycles. The molecule has 40 heavy (non-hydrogen) atoms. The first-order chi connectivity index (χ1) is 18.7. The van der Waals surface area contributed by atoms with Gasteiger partial charge in [-0.15, -0.1) is 0 Å². The van der Waals surface area contributed by atoms with E-state index in [4.69, 9.17) is 0 Å². The maximum absolute atomic E-state index is 13.4. The van der Waals surface area contributed by atoms with E-state index in [1.54, 1.807) is 6.92 Å². The Balaban J connectivity index is 1.92. The number of alkyl halides is 5. The number of carbonyl (C=O) groups excluding carboxylic acids is 4. The Kier molecular flexibility index (Phi) is 9.52. The Morgan fingerprint density at radius 1 is 1.12 bits per heavy atom. The van der Waals surface area contributed by atoms with Gasteiger partial charge in [0.25, 0.3) is 24.1 Å². The minimum atomic E-state index is -4.84. The van der Waals surface area contributed by atoms with E-state index in [1.807, 2.05) is 0 Å². The van der Waals surface area contributed by atoms with Gasteiger partial charge in [0.1, 0.15) is 11.9 Å². The van der Waals surface area contributed by atoms with Gasteiger partial charge in [-0.05, 0) is 44.0 Å². The first-order valence-electron chi connectivity index (χ1n) is 12.0. The van der Waals surface area contributed by atoms with Crippen molar-refractivity contribution in [1.82, 2.24) is 20.9 Å². The molecule has 2 aromatic rings. The van der Waals surface area contributed by atoms with Crippen molar-refractivity contribution < 1.29 is 46.2 Å². The summed E-state index contributed by atoms with van der Waals surface area (Å²) in [5.41, 5.74) is -3.33. The number of likely N-dealkylation sites (N-methyl/N-ethyl adjacent to an activating group) is 1. The monoisotopic (exact) mass is 571 g/mol. The molecular formula is C25H26F5N5O5. The summed E-state index contributed by atoms with van der Waals surface area (Å²) < 4.78 is 65.9. The molecule has 1 saturated heterocycles. The molecule has 1 fully saturated rings. The van der Waals surface area contributed by atoms with E-state index >= 15 is 0 Å². The number of aliphatic hydroxyl groups excluding tert-OH is 1. The van der Waals surface area contributed by atoms with Crippen LogP contribution < -0.4 is 21.3 Å². The topological polar surface area (TPSA) is 150 Å². The second kappa shape index (κ2) is 12.5. The number of ketones is 1. The van der Waals surface area contributed by atoms with E-state index < -0.39 is 76.7 Å². The highest BCUT2D eigenvalue weighted by Crippen LogP contribution is 2.29. The molecular weight excluding hydrogens is 545 g/mol. The number of pyridine rings is 1. The summed E-state index contributed by atoms with van der Waals surface area (Å²) in [5.74, 6) is -4.88. The van der Waals surface area contributed by atoms with Gasteiger partial charge in [-0.2, -0.15) is 13.2 Å². The van der Waals surface area contributed by atoms with Crippen LogP contribution in [0.1, 0.15) is 58.2 Å². The van der Waals surface area contributed by atoms with Crippen molar-refractivity contribution in [2.75, 3.05) is 12.4 Å².